The lowest BCUT2D eigenvalue weighted by Crippen LogP contribution is -2.53. The summed E-state index contributed by atoms with van der Waals surface area (Å²) in [6.07, 6.45) is 21.2. The first-order valence-corrected chi connectivity index (χ1v) is 17.0. The second-order valence-corrected chi connectivity index (χ2v) is 14.8. The van der Waals surface area contributed by atoms with Crippen molar-refractivity contribution in [2.45, 2.75) is 125 Å². The van der Waals surface area contributed by atoms with E-state index in [1.807, 2.05) is 7.11 Å². The Kier molecular flexibility index (Phi) is 20.1. The van der Waals surface area contributed by atoms with Crippen molar-refractivity contribution in [1.82, 2.24) is 0 Å². The van der Waals surface area contributed by atoms with Crippen LogP contribution in [0.4, 0.5) is 0 Å². The van der Waals surface area contributed by atoms with Crippen LogP contribution in [0.25, 0.3) is 0 Å². The zero-order valence-corrected chi connectivity index (χ0v) is 30.3. The number of rotatable bonds is 11. The van der Waals surface area contributed by atoms with Crippen molar-refractivity contribution in [3.05, 3.63) is 48.2 Å². The van der Waals surface area contributed by atoms with E-state index < -0.39 is 0 Å². The van der Waals surface area contributed by atoms with Gasteiger partial charge in [0.25, 0.3) is 0 Å². The number of hydrogen-bond donors (Lipinski definition) is 2. The predicted molar refractivity (Wildman–Crippen MR) is 188 cm³/mol. The van der Waals surface area contributed by atoms with Gasteiger partial charge in [-0.2, -0.15) is 0 Å². The molecule has 42 heavy (non-hydrogen) atoms. The summed E-state index contributed by atoms with van der Waals surface area (Å²) in [4.78, 5) is 0. The summed E-state index contributed by atoms with van der Waals surface area (Å²) in [5, 5.41) is 0. The van der Waals surface area contributed by atoms with Crippen LogP contribution in [0.2, 0.25) is 0 Å². The van der Waals surface area contributed by atoms with Crippen LogP contribution in [0, 0.1) is 41.4 Å². The monoisotopic (exact) mass is 589 g/mol. The molecule has 0 bridgehead atoms. The second kappa shape index (κ2) is 20.7. The van der Waals surface area contributed by atoms with Gasteiger partial charge in [-0.25, -0.2) is 0 Å². The quantitative estimate of drug-likeness (QED) is 0.187. The Balaban J connectivity index is 0.00000257. The van der Waals surface area contributed by atoms with Crippen LogP contribution in [0.15, 0.2) is 48.2 Å². The summed E-state index contributed by atoms with van der Waals surface area (Å²) in [5.41, 5.74) is 13.2. The standard InChI is InChI=1S/C33H59N2O.C4H10.CH5N/c1-23(14-18-30-12-11-13-32(22-30)29(7)36-10)15-19-31-20-26(4)33(21-25(31)3)35(8,9)27(5)17-16-24(2)28(6)34;1-4(2)3;1-2/h14-18,24-26,28-33H,5,11-13,19-22,34H2,1-4,6-10H3;4H,1-3H3;2H2,1H3/q+1;;/b17-16-,18-14+,23-15+;;/t24-,25-,26-,28?,29?,30?,31+,32?,33+;;/m0../s1. The number of hydrogen-bond acceptors (Lipinski definition) is 3. The van der Waals surface area contributed by atoms with Crippen molar-refractivity contribution in [3.63, 3.8) is 0 Å². The number of methoxy groups -OCH3 is 1. The van der Waals surface area contributed by atoms with Crippen LogP contribution >= 0.6 is 0 Å². The molecular weight excluding hydrogens is 514 g/mol. The summed E-state index contributed by atoms with van der Waals surface area (Å²) < 4.78 is 6.49. The Bertz CT molecular complexity index is 821. The molecule has 0 aliphatic heterocycles. The molecule has 2 fully saturated rings. The Labute approximate surface area is 263 Å². The average Bonchev–Trinajstić information content (AvgIpc) is 2.94. The third-order valence-corrected chi connectivity index (χ3v) is 9.91. The molecule has 246 valence electrons. The van der Waals surface area contributed by atoms with Crippen LogP contribution in [0.5, 0.6) is 0 Å². The molecular formula is C38H74N3O+. The van der Waals surface area contributed by atoms with Gasteiger partial charge in [0.15, 0.2) is 0 Å². The van der Waals surface area contributed by atoms with Crippen LogP contribution < -0.4 is 11.5 Å². The van der Waals surface area contributed by atoms with E-state index in [9.17, 15) is 0 Å². The van der Waals surface area contributed by atoms with Gasteiger partial charge in [-0.15, -0.1) is 0 Å². The van der Waals surface area contributed by atoms with Crippen molar-refractivity contribution >= 4 is 0 Å². The number of nitrogens with two attached hydrogens (primary N) is 2. The normalized spacial score (nSPS) is 29.4. The van der Waals surface area contributed by atoms with E-state index in [2.05, 4.69) is 119 Å². The van der Waals surface area contributed by atoms with E-state index in [-0.39, 0.29) is 6.04 Å². The molecule has 0 spiro atoms. The molecule has 0 radical (unpaired) electrons. The summed E-state index contributed by atoms with van der Waals surface area (Å²) in [5.74, 6) is 4.79. The molecule has 2 aliphatic carbocycles. The first-order valence-electron chi connectivity index (χ1n) is 17.0. The minimum Gasteiger partial charge on any atom is -0.381 e. The molecule has 0 amide bonds. The van der Waals surface area contributed by atoms with Crippen molar-refractivity contribution < 1.29 is 9.22 Å². The highest BCUT2D eigenvalue weighted by Crippen LogP contribution is 2.41. The van der Waals surface area contributed by atoms with Gasteiger partial charge in [-0.1, -0.05) is 77.8 Å². The van der Waals surface area contributed by atoms with E-state index in [1.165, 1.54) is 63.3 Å². The number of ether oxygens (including phenoxy) is 1. The van der Waals surface area contributed by atoms with Crippen LogP contribution in [0.3, 0.4) is 0 Å². The fourth-order valence-corrected chi connectivity index (χ4v) is 6.50. The maximum absolute atomic E-state index is 6.06. The van der Waals surface area contributed by atoms with E-state index in [1.54, 1.807) is 0 Å². The summed E-state index contributed by atoms with van der Waals surface area (Å²) in [6, 6.07) is 0.780. The molecule has 4 nitrogen and oxygen atoms in total. The molecule has 9 atom stereocenters. The van der Waals surface area contributed by atoms with Gasteiger partial charge in [0.1, 0.15) is 5.70 Å². The molecule has 0 aromatic heterocycles. The van der Waals surface area contributed by atoms with Gasteiger partial charge >= 0.3 is 0 Å². The molecule has 0 saturated heterocycles. The van der Waals surface area contributed by atoms with E-state index >= 15 is 0 Å². The van der Waals surface area contributed by atoms with Gasteiger partial charge < -0.3 is 16.2 Å². The van der Waals surface area contributed by atoms with Gasteiger partial charge in [0.2, 0.25) is 0 Å². The van der Waals surface area contributed by atoms with E-state index in [4.69, 9.17) is 10.5 Å². The molecule has 2 aliphatic rings. The molecule has 2 rings (SSSR count). The fraction of sp³-hybridized carbons (Fsp3) is 0.789. The highest BCUT2D eigenvalue weighted by molar-refractivity contribution is 5.17. The van der Waals surface area contributed by atoms with E-state index in [0.29, 0.717) is 35.8 Å². The van der Waals surface area contributed by atoms with Gasteiger partial charge in [0, 0.05) is 25.5 Å². The minimum absolute atomic E-state index is 0.171. The summed E-state index contributed by atoms with van der Waals surface area (Å²) in [7, 11) is 8.04. The minimum atomic E-state index is 0.171. The highest BCUT2D eigenvalue weighted by Gasteiger charge is 2.42. The maximum Gasteiger partial charge on any atom is 0.125 e. The van der Waals surface area contributed by atoms with Gasteiger partial charge in [-0.05, 0) is 108 Å². The lowest BCUT2D eigenvalue weighted by Gasteiger charge is -2.47. The molecule has 0 aromatic rings. The smallest absolute Gasteiger partial charge is 0.125 e. The van der Waals surface area contributed by atoms with Crippen molar-refractivity contribution in [2.75, 3.05) is 28.3 Å². The topological polar surface area (TPSA) is 61.3 Å². The molecule has 2 saturated carbocycles. The number of nitrogens with zero attached hydrogens (tertiary/aromatic N) is 1. The first kappa shape index (κ1) is 40.8. The van der Waals surface area contributed by atoms with Crippen molar-refractivity contribution in [2.24, 2.45) is 52.9 Å². The largest absolute Gasteiger partial charge is 0.381 e. The number of quaternary nitrogens is 1. The Morgan fingerprint density at radius 1 is 0.952 bits per heavy atom. The predicted octanol–water partition coefficient (Wildman–Crippen LogP) is 9.14. The first-order chi connectivity index (χ1) is 19.6. The lowest BCUT2D eigenvalue weighted by molar-refractivity contribution is -0.881. The molecule has 0 aromatic carbocycles. The van der Waals surface area contributed by atoms with Gasteiger partial charge in [-0.3, -0.25) is 4.48 Å². The number of likely N-dealkylation sites (N-methyl/N-ethyl adjacent to an activating group) is 1. The fourth-order valence-electron chi connectivity index (χ4n) is 6.50. The zero-order valence-electron chi connectivity index (χ0n) is 30.3. The molecule has 4 unspecified atom stereocenters. The molecule has 4 N–H and O–H groups in total. The summed E-state index contributed by atoms with van der Waals surface area (Å²) in [6.45, 7) is 24.7. The molecule has 0 heterocycles. The SMILES string of the molecule is C=C(/C=C\[C@H](C)C(C)N)[N+](C)(C)[C@@H]1C[C@H](C)[C@H](C/C=C(C)/C=C/C2CCCC(C(C)OC)C2)C[C@@H]1C.CC(C)C.CN. The van der Waals surface area contributed by atoms with E-state index in [0.717, 1.165) is 22.2 Å². The van der Waals surface area contributed by atoms with Crippen LogP contribution in [0.1, 0.15) is 107 Å². The maximum atomic E-state index is 6.06. The van der Waals surface area contributed by atoms with Crippen molar-refractivity contribution in [1.29, 1.82) is 0 Å². The zero-order chi connectivity index (χ0) is 32.6. The Morgan fingerprint density at radius 2 is 1.55 bits per heavy atom. The Morgan fingerprint density at radius 3 is 2.10 bits per heavy atom. The van der Waals surface area contributed by atoms with Crippen molar-refractivity contribution in [3.8, 4) is 0 Å². The lowest BCUT2D eigenvalue weighted by atomic mass is 9.70. The third-order valence-electron chi connectivity index (χ3n) is 9.91. The van der Waals surface area contributed by atoms with Crippen LogP contribution in [-0.2, 0) is 4.74 Å². The Hall–Kier alpha value is -1.20. The summed E-state index contributed by atoms with van der Waals surface area (Å²) >= 11 is 0. The molecule has 4 heteroatoms. The number of allylic oxidation sites excluding steroid dienone is 5. The second-order valence-electron chi connectivity index (χ2n) is 14.8. The van der Waals surface area contributed by atoms with Crippen LogP contribution in [-0.4, -0.2) is 50.9 Å². The third kappa shape index (κ3) is 14.5. The highest BCUT2D eigenvalue weighted by atomic mass is 16.5. The average molecular weight is 589 g/mol. The van der Waals surface area contributed by atoms with Gasteiger partial charge in [0.05, 0.1) is 26.2 Å².